The van der Waals surface area contributed by atoms with E-state index in [9.17, 15) is 4.79 Å². The quantitative estimate of drug-likeness (QED) is 0.670. The third-order valence-corrected chi connectivity index (χ3v) is 3.97. The first kappa shape index (κ1) is 13.6. The molecule has 0 heterocycles. The Hall–Kier alpha value is -2.41. The van der Waals surface area contributed by atoms with Crippen LogP contribution in [0.3, 0.4) is 0 Å². The lowest BCUT2D eigenvalue weighted by atomic mass is 9.86. The summed E-state index contributed by atoms with van der Waals surface area (Å²) in [5.41, 5.74) is 2.33. The van der Waals surface area contributed by atoms with E-state index in [0.29, 0.717) is 0 Å². The molecule has 104 valence electrons. The summed E-state index contributed by atoms with van der Waals surface area (Å²) in [5, 5.41) is 2.37. The van der Waals surface area contributed by atoms with E-state index in [1.165, 1.54) is 16.3 Å². The van der Waals surface area contributed by atoms with Crippen molar-refractivity contribution in [3.05, 3.63) is 83.9 Å². The van der Waals surface area contributed by atoms with Gasteiger partial charge in [0.2, 0.25) is 0 Å². The molecule has 3 aromatic carbocycles. The maximum atomic E-state index is 12.2. The number of Topliss-reactive ketones (excluding diaryl/α,β-unsaturated/α-hetero) is 1. The molecule has 0 spiro atoms. The van der Waals surface area contributed by atoms with Crippen LogP contribution in [0.2, 0.25) is 0 Å². The highest BCUT2D eigenvalue weighted by Crippen LogP contribution is 2.29. The van der Waals surface area contributed by atoms with Crippen molar-refractivity contribution in [3.8, 4) is 0 Å². The first-order chi connectivity index (χ1) is 10.3. The molecule has 0 aliphatic heterocycles. The second kappa shape index (κ2) is 5.92. The molecule has 1 atom stereocenters. The molecule has 21 heavy (non-hydrogen) atoms. The predicted octanol–water partition coefficient (Wildman–Crippen LogP) is 4.76. The van der Waals surface area contributed by atoms with Crippen LogP contribution in [0.5, 0.6) is 0 Å². The van der Waals surface area contributed by atoms with Crippen LogP contribution in [-0.4, -0.2) is 5.78 Å². The Morgan fingerprint density at radius 3 is 2.29 bits per heavy atom. The van der Waals surface area contributed by atoms with Gasteiger partial charge >= 0.3 is 0 Å². The van der Waals surface area contributed by atoms with E-state index in [2.05, 4.69) is 36.4 Å². The van der Waals surface area contributed by atoms with Crippen LogP contribution in [0.15, 0.2) is 72.8 Å². The van der Waals surface area contributed by atoms with E-state index < -0.39 is 0 Å². The van der Waals surface area contributed by atoms with Gasteiger partial charge in [-0.3, -0.25) is 4.79 Å². The fraction of sp³-hybridized carbons (Fsp3) is 0.150. The topological polar surface area (TPSA) is 17.1 Å². The van der Waals surface area contributed by atoms with Gasteiger partial charge in [-0.1, -0.05) is 72.8 Å². The molecule has 0 saturated heterocycles. The molecule has 0 bridgehead atoms. The Kier molecular flexibility index (Phi) is 3.83. The zero-order valence-corrected chi connectivity index (χ0v) is 12.1. The van der Waals surface area contributed by atoms with Crippen LogP contribution >= 0.6 is 0 Å². The van der Waals surface area contributed by atoms with Gasteiger partial charge in [0.05, 0.1) is 0 Å². The Labute approximate surface area is 125 Å². The summed E-state index contributed by atoms with van der Waals surface area (Å²) in [6, 6.07) is 24.7. The Morgan fingerprint density at radius 1 is 0.857 bits per heavy atom. The van der Waals surface area contributed by atoms with Gasteiger partial charge in [-0.2, -0.15) is 0 Å². The molecule has 0 saturated carbocycles. The molecule has 3 rings (SSSR count). The lowest BCUT2D eigenvalue weighted by Crippen LogP contribution is -2.12. The minimum Gasteiger partial charge on any atom is -0.299 e. The summed E-state index contributed by atoms with van der Waals surface area (Å²) in [6.07, 6.45) is 0.754. The molecule has 1 nitrogen and oxygen atoms in total. The van der Waals surface area contributed by atoms with Crippen molar-refractivity contribution in [1.29, 1.82) is 0 Å². The Morgan fingerprint density at radius 2 is 1.52 bits per heavy atom. The Bertz CT molecular complexity index is 754. The smallest absolute Gasteiger partial charge is 0.137 e. The largest absolute Gasteiger partial charge is 0.299 e. The minimum atomic E-state index is -0.0847. The third kappa shape index (κ3) is 2.87. The van der Waals surface area contributed by atoms with Gasteiger partial charge in [-0.25, -0.2) is 0 Å². The molecule has 0 radical (unpaired) electrons. The van der Waals surface area contributed by atoms with Crippen molar-refractivity contribution in [2.24, 2.45) is 0 Å². The summed E-state index contributed by atoms with van der Waals surface area (Å²) in [5.74, 6) is 0.133. The molecule has 0 aromatic heterocycles. The number of fused-ring (bicyclic) bond motifs is 1. The fourth-order valence-electron chi connectivity index (χ4n) is 2.88. The first-order valence-corrected chi connectivity index (χ1v) is 7.28. The second-order valence-corrected chi connectivity index (χ2v) is 5.42. The van der Waals surface area contributed by atoms with Crippen molar-refractivity contribution < 1.29 is 4.79 Å². The normalized spacial score (nSPS) is 12.2. The van der Waals surface area contributed by atoms with Gasteiger partial charge in [-0.05, 0) is 35.2 Å². The maximum absolute atomic E-state index is 12.2. The highest BCUT2D eigenvalue weighted by atomic mass is 16.1. The van der Waals surface area contributed by atoms with Crippen molar-refractivity contribution in [2.45, 2.75) is 19.3 Å². The zero-order valence-electron chi connectivity index (χ0n) is 12.1. The van der Waals surface area contributed by atoms with Crippen LogP contribution in [0.25, 0.3) is 10.8 Å². The zero-order chi connectivity index (χ0) is 14.7. The molecular formula is C20H18O. The standard InChI is InChI=1S/C20H18O/c1-15(21)20(14-16-8-3-2-4-9-16)19-13-7-11-17-10-5-6-12-18(17)19/h2-13,20H,14H2,1H3. The highest BCUT2D eigenvalue weighted by Gasteiger charge is 2.19. The molecule has 0 N–H and O–H groups in total. The minimum absolute atomic E-state index is 0.0847. The van der Waals surface area contributed by atoms with Gasteiger partial charge in [0.1, 0.15) is 5.78 Å². The third-order valence-electron chi connectivity index (χ3n) is 3.97. The van der Waals surface area contributed by atoms with Crippen molar-refractivity contribution in [3.63, 3.8) is 0 Å². The second-order valence-electron chi connectivity index (χ2n) is 5.42. The molecular weight excluding hydrogens is 256 g/mol. The van der Waals surface area contributed by atoms with E-state index in [1.54, 1.807) is 6.92 Å². The predicted molar refractivity (Wildman–Crippen MR) is 87.5 cm³/mol. The summed E-state index contributed by atoms with van der Waals surface area (Å²) < 4.78 is 0. The van der Waals surface area contributed by atoms with E-state index in [4.69, 9.17) is 0 Å². The average Bonchev–Trinajstić information content (AvgIpc) is 2.53. The molecule has 0 aliphatic rings. The lowest BCUT2D eigenvalue weighted by Gasteiger charge is -2.17. The number of carbonyl (C=O) groups excluding carboxylic acids is 1. The highest BCUT2D eigenvalue weighted by molar-refractivity contribution is 5.93. The maximum Gasteiger partial charge on any atom is 0.137 e. The van der Waals surface area contributed by atoms with Gasteiger partial charge in [-0.15, -0.1) is 0 Å². The monoisotopic (exact) mass is 274 g/mol. The number of carbonyl (C=O) groups is 1. The van der Waals surface area contributed by atoms with Crippen LogP contribution in [0, 0.1) is 0 Å². The van der Waals surface area contributed by atoms with E-state index in [1.807, 2.05) is 36.4 Å². The number of benzene rings is 3. The van der Waals surface area contributed by atoms with E-state index in [0.717, 1.165) is 12.0 Å². The van der Waals surface area contributed by atoms with Gasteiger partial charge in [0.25, 0.3) is 0 Å². The van der Waals surface area contributed by atoms with E-state index in [-0.39, 0.29) is 11.7 Å². The number of hydrogen-bond acceptors (Lipinski definition) is 1. The molecule has 0 amide bonds. The Balaban J connectivity index is 2.06. The summed E-state index contributed by atoms with van der Waals surface area (Å²) >= 11 is 0. The lowest BCUT2D eigenvalue weighted by molar-refractivity contribution is -0.118. The first-order valence-electron chi connectivity index (χ1n) is 7.28. The number of ketones is 1. The van der Waals surface area contributed by atoms with Crippen molar-refractivity contribution >= 4 is 16.6 Å². The van der Waals surface area contributed by atoms with Gasteiger partial charge in [0, 0.05) is 5.92 Å². The summed E-state index contributed by atoms with van der Waals surface area (Å²) in [7, 11) is 0. The van der Waals surface area contributed by atoms with Crippen molar-refractivity contribution in [2.75, 3.05) is 0 Å². The molecule has 1 unspecified atom stereocenters. The number of rotatable bonds is 4. The van der Waals surface area contributed by atoms with Gasteiger partial charge in [0.15, 0.2) is 0 Å². The van der Waals surface area contributed by atoms with Crippen molar-refractivity contribution in [1.82, 2.24) is 0 Å². The SMILES string of the molecule is CC(=O)C(Cc1ccccc1)c1cccc2ccccc12. The molecule has 3 aromatic rings. The van der Waals surface area contributed by atoms with E-state index >= 15 is 0 Å². The summed E-state index contributed by atoms with van der Waals surface area (Å²) in [4.78, 5) is 12.2. The van der Waals surface area contributed by atoms with Crippen LogP contribution < -0.4 is 0 Å². The average molecular weight is 274 g/mol. The number of hydrogen-bond donors (Lipinski definition) is 0. The van der Waals surface area contributed by atoms with Crippen LogP contribution in [-0.2, 0) is 11.2 Å². The molecule has 0 fully saturated rings. The van der Waals surface area contributed by atoms with Gasteiger partial charge < -0.3 is 0 Å². The summed E-state index contributed by atoms with van der Waals surface area (Å²) in [6.45, 7) is 1.69. The van der Waals surface area contributed by atoms with Crippen LogP contribution in [0.4, 0.5) is 0 Å². The fourth-order valence-corrected chi connectivity index (χ4v) is 2.88. The van der Waals surface area contributed by atoms with Crippen LogP contribution in [0.1, 0.15) is 24.0 Å². The molecule has 0 aliphatic carbocycles. The molecule has 1 heteroatoms.